The van der Waals surface area contributed by atoms with Gasteiger partial charge in [-0.2, -0.15) is 5.10 Å². The van der Waals surface area contributed by atoms with Crippen molar-refractivity contribution in [2.24, 2.45) is 0 Å². The lowest BCUT2D eigenvalue weighted by Crippen LogP contribution is -2.04. The van der Waals surface area contributed by atoms with Crippen LogP contribution in [0.5, 0.6) is 0 Å². The van der Waals surface area contributed by atoms with E-state index >= 15 is 0 Å². The van der Waals surface area contributed by atoms with Gasteiger partial charge >= 0.3 is 5.69 Å². The zero-order chi connectivity index (χ0) is 14.5. The van der Waals surface area contributed by atoms with Crippen LogP contribution in [0.2, 0.25) is 0 Å². The molecule has 0 spiro atoms. The van der Waals surface area contributed by atoms with Crippen LogP contribution >= 0.6 is 0 Å². The van der Waals surface area contributed by atoms with Gasteiger partial charge in [-0.25, -0.2) is 4.98 Å². The zero-order valence-electron chi connectivity index (χ0n) is 11.2. The number of nitrogens with zero attached hydrogens (tertiary/aromatic N) is 4. The van der Waals surface area contributed by atoms with Crippen molar-refractivity contribution in [2.45, 2.75) is 13.5 Å². The van der Waals surface area contributed by atoms with Gasteiger partial charge in [0.1, 0.15) is 0 Å². The molecule has 0 aliphatic heterocycles. The summed E-state index contributed by atoms with van der Waals surface area (Å²) in [5.41, 5.74) is 1.27. The molecule has 2 heterocycles. The fourth-order valence-electron chi connectivity index (χ4n) is 1.66. The highest BCUT2D eigenvalue weighted by Gasteiger charge is 2.15. The molecule has 0 aliphatic rings. The van der Waals surface area contributed by atoms with Crippen molar-refractivity contribution in [3.05, 3.63) is 40.3 Å². The Balaban J connectivity index is 2.19. The van der Waals surface area contributed by atoms with Gasteiger partial charge in [0.2, 0.25) is 5.82 Å². The fourth-order valence-corrected chi connectivity index (χ4v) is 1.66. The van der Waals surface area contributed by atoms with Crippen molar-refractivity contribution < 1.29 is 9.66 Å². The Labute approximate surface area is 115 Å². The van der Waals surface area contributed by atoms with E-state index in [0.717, 1.165) is 0 Å². The lowest BCUT2D eigenvalue weighted by molar-refractivity contribution is -0.384. The minimum absolute atomic E-state index is 0.0692. The molecule has 8 nitrogen and oxygen atoms in total. The largest absolute Gasteiger partial charge is 0.383 e. The first-order chi connectivity index (χ1) is 9.60. The number of anilines is 2. The molecule has 0 saturated heterocycles. The number of nitro groups is 1. The molecule has 0 radical (unpaired) electrons. The monoisotopic (exact) mass is 277 g/mol. The Bertz CT molecular complexity index is 611. The molecule has 106 valence electrons. The second-order valence-corrected chi connectivity index (χ2v) is 4.19. The van der Waals surface area contributed by atoms with Crippen LogP contribution in [0.3, 0.4) is 0 Å². The van der Waals surface area contributed by atoms with Crippen LogP contribution in [0.25, 0.3) is 0 Å². The molecule has 2 aromatic heterocycles. The summed E-state index contributed by atoms with van der Waals surface area (Å²) in [6.07, 6.45) is 3.33. The molecule has 0 unspecified atom stereocenters. The highest BCUT2D eigenvalue weighted by Crippen LogP contribution is 2.25. The minimum atomic E-state index is -0.468. The van der Waals surface area contributed by atoms with E-state index in [9.17, 15) is 10.1 Å². The van der Waals surface area contributed by atoms with E-state index < -0.39 is 4.92 Å². The molecule has 0 amide bonds. The number of ether oxygens (including phenoxy) is 1. The topological polar surface area (TPSA) is 95.1 Å². The summed E-state index contributed by atoms with van der Waals surface area (Å²) in [5, 5.41) is 18.0. The summed E-state index contributed by atoms with van der Waals surface area (Å²) in [7, 11) is 1.61. The first kappa shape index (κ1) is 13.9. The van der Waals surface area contributed by atoms with Gasteiger partial charge in [-0.15, -0.1) is 0 Å². The third-order valence-corrected chi connectivity index (χ3v) is 2.63. The third kappa shape index (κ3) is 3.29. The van der Waals surface area contributed by atoms with Crippen LogP contribution in [0, 0.1) is 17.0 Å². The van der Waals surface area contributed by atoms with Gasteiger partial charge < -0.3 is 10.1 Å². The lowest BCUT2D eigenvalue weighted by Gasteiger charge is -2.04. The highest BCUT2D eigenvalue weighted by molar-refractivity contribution is 5.64. The van der Waals surface area contributed by atoms with Crippen LogP contribution in [-0.2, 0) is 11.3 Å². The predicted octanol–water partition coefficient (Wildman–Crippen LogP) is 1.88. The van der Waals surface area contributed by atoms with Gasteiger partial charge in [-0.05, 0) is 13.0 Å². The number of hydrogen-bond acceptors (Lipinski definition) is 6. The summed E-state index contributed by atoms with van der Waals surface area (Å²) >= 11 is 0. The molecular formula is C12H15N5O3. The second-order valence-electron chi connectivity index (χ2n) is 4.19. The summed E-state index contributed by atoms with van der Waals surface area (Å²) in [4.78, 5) is 14.6. The molecule has 0 atom stereocenters. The number of pyridine rings is 1. The molecule has 2 rings (SSSR count). The standard InChI is InChI=1S/C12H15N5O3/c1-9-3-4-11(17(18)19)12(14-9)15-10-7-13-16(8-10)5-6-20-2/h3-4,7-8H,5-6H2,1-2H3,(H,14,15). The zero-order valence-corrected chi connectivity index (χ0v) is 11.2. The van der Waals surface area contributed by atoms with Crippen LogP contribution in [0.4, 0.5) is 17.2 Å². The van der Waals surface area contributed by atoms with Gasteiger partial charge in [-0.1, -0.05) is 0 Å². The number of aryl methyl sites for hydroxylation is 1. The summed E-state index contributed by atoms with van der Waals surface area (Å²) in [6, 6.07) is 3.03. The minimum Gasteiger partial charge on any atom is -0.383 e. The van der Waals surface area contributed by atoms with Crippen molar-refractivity contribution >= 4 is 17.2 Å². The molecule has 0 bridgehead atoms. The Hall–Kier alpha value is -2.48. The SMILES string of the molecule is COCCn1cc(Nc2nc(C)ccc2[N+](=O)[O-])cn1. The van der Waals surface area contributed by atoms with Crippen molar-refractivity contribution in [1.29, 1.82) is 0 Å². The fraction of sp³-hybridized carbons (Fsp3) is 0.333. The first-order valence-corrected chi connectivity index (χ1v) is 6.00. The molecule has 0 fully saturated rings. The molecule has 0 aliphatic carbocycles. The van der Waals surface area contributed by atoms with E-state index in [2.05, 4.69) is 15.4 Å². The van der Waals surface area contributed by atoms with Crippen LogP contribution in [-0.4, -0.2) is 33.4 Å². The van der Waals surface area contributed by atoms with Gasteiger partial charge in [0.15, 0.2) is 0 Å². The molecule has 8 heteroatoms. The number of methoxy groups -OCH3 is 1. The lowest BCUT2D eigenvalue weighted by atomic mass is 10.3. The van der Waals surface area contributed by atoms with Crippen molar-refractivity contribution in [2.75, 3.05) is 19.0 Å². The molecular weight excluding hydrogens is 262 g/mol. The van der Waals surface area contributed by atoms with Crippen LogP contribution in [0.1, 0.15) is 5.69 Å². The summed E-state index contributed by atoms with van der Waals surface area (Å²) in [6.45, 7) is 2.93. The van der Waals surface area contributed by atoms with Crippen LogP contribution < -0.4 is 5.32 Å². The highest BCUT2D eigenvalue weighted by atomic mass is 16.6. The Kier molecular flexibility index (Phi) is 4.26. The quantitative estimate of drug-likeness (QED) is 0.640. The maximum absolute atomic E-state index is 11.0. The number of nitrogens with one attached hydrogen (secondary N) is 1. The molecule has 1 N–H and O–H groups in total. The van der Waals surface area contributed by atoms with Crippen molar-refractivity contribution in [3.8, 4) is 0 Å². The van der Waals surface area contributed by atoms with Gasteiger partial charge in [0, 0.05) is 25.1 Å². The van der Waals surface area contributed by atoms with Gasteiger partial charge in [0.05, 0.1) is 30.0 Å². The Morgan fingerprint density at radius 3 is 3.00 bits per heavy atom. The van der Waals surface area contributed by atoms with Crippen molar-refractivity contribution in [1.82, 2.24) is 14.8 Å². The average molecular weight is 277 g/mol. The van der Waals surface area contributed by atoms with Gasteiger partial charge in [0.25, 0.3) is 0 Å². The molecule has 0 aromatic carbocycles. The molecule has 20 heavy (non-hydrogen) atoms. The molecule has 2 aromatic rings. The van der Waals surface area contributed by atoms with Crippen LogP contribution in [0.15, 0.2) is 24.5 Å². The van der Waals surface area contributed by atoms with E-state index in [1.807, 2.05) is 0 Å². The third-order valence-electron chi connectivity index (χ3n) is 2.63. The second kappa shape index (κ2) is 6.11. The number of aromatic nitrogens is 3. The van der Waals surface area contributed by atoms with E-state index in [-0.39, 0.29) is 11.5 Å². The first-order valence-electron chi connectivity index (χ1n) is 6.00. The number of hydrogen-bond donors (Lipinski definition) is 1. The average Bonchev–Trinajstić information content (AvgIpc) is 2.83. The Morgan fingerprint density at radius 2 is 2.30 bits per heavy atom. The predicted molar refractivity (Wildman–Crippen MR) is 73.0 cm³/mol. The maximum Gasteiger partial charge on any atom is 0.311 e. The summed E-state index contributed by atoms with van der Waals surface area (Å²) < 4.78 is 6.64. The normalized spacial score (nSPS) is 10.5. The van der Waals surface area contributed by atoms with E-state index in [0.29, 0.717) is 24.5 Å². The summed E-state index contributed by atoms with van der Waals surface area (Å²) in [5.74, 6) is 0.210. The number of rotatable bonds is 6. The Morgan fingerprint density at radius 1 is 1.50 bits per heavy atom. The van der Waals surface area contributed by atoms with Crippen molar-refractivity contribution in [3.63, 3.8) is 0 Å². The van der Waals surface area contributed by atoms with E-state index in [1.165, 1.54) is 6.07 Å². The molecule has 0 saturated carbocycles. The maximum atomic E-state index is 11.0. The smallest absolute Gasteiger partial charge is 0.311 e. The van der Waals surface area contributed by atoms with E-state index in [4.69, 9.17) is 4.74 Å². The van der Waals surface area contributed by atoms with Gasteiger partial charge in [-0.3, -0.25) is 14.8 Å². The van der Waals surface area contributed by atoms with E-state index in [1.54, 1.807) is 37.2 Å².